The molecule has 21 heavy (non-hydrogen) atoms. The molecule has 1 unspecified atom stereocenters. The molecule has 1 aromatic carbocycles. The van der Waals surface area contributed by atoms with Crippen molar-refractivity contribution in [3.63, 3.8) is 0 Å². The number of β-amino-alcohol motifs (C(OH)–C–C–N with tert-alkyl or cyclic N) is 1. The molecule has 0 aromatic heterocycles. The predicted molar refractivity (Wildman–Crippen MR) is 85.7 cm³/mol. The first kappa shape index (κ1) is 16.3. The Balaban J connectivity index is 1.88. The van der Waals surface area contributed by atoms with Crippen LogP contribution in [0.4, 0.5) is 0 Å². The Morgan fingerprint density at radius 1 is 1.10 bits per heavy atom. The second-order valence-electron chi connectivity index (χ2n) is 6.21. The van der Waals surface area contributed by atoms with Gasteiger partial charge < -0.3 is 14.7 Å². The summed E-state index contributed by atoms with van der Waals surface area (Å²) >= 11 is 0. The Morgan fingerprint density at radius 2 is 1.81 bits per heavy atom. The van der Waals surface area contributed by atoms with E-state index in [0.717, 1.165) is 37.5 Å². The van der Waals surface area contributed by atoms with Crippen LogP contribution in [0.3, 0.4) is 0 Å². The van der Waals surface area contributed by atoms with Gasteiger partial charge in [-0.3, -0.25) is 4.90 Å². The zero-order valence-corrected chi connectivity index (χ0v) is 13.5. The van der Waals surface area contributed by atoms with Gasteiger partial charge in [0.25, 0.3) is 0 Å². The van der Waals surface area contributed by atoms with Crippen molar-refractivity contribution in [3.8, 4) is 5.75 Å². The standard InChI is InChI=1S/C17H28N2O2/c1-14(2)21-16-7-5-15(6-8-16)17(20)13-19-10-4-9-18(3)11-12-19/h5-8,14,17,20H,4,9-13H2,1-3H3. The first-order valence-corrected chi connectivity index (χ1v) is 7.90. The average Bonchev–Trinajstić information content (AvgIpc) is 2.64. The van der Waals surface area contributed by atoms with Gasteiger partial charge in [0.15, 0.2) is 0 Å². The maximum Gasteiger partial charge on any atom is 0.119 e. The van der Waals surface area contributed by atoms with Crippen LogP contribution >= 0.6 is 0 Å². The van der Waals surface area contributed by atoms with Crippen LogP contribution in [0.2, 0.25) is 0 Å². The summed E-state index contributed by atoms with van der Waals surface area (Å²) in [7, 11) is 2.16. The molecule has 0 radical (unpaired) electrons. The van der Waals surface area contributed by atoms with E-state index >= 15 is 0 Å². The van der Waals surface area contributed by atoms with Crippen molar-refractivity contribution < 1.29 is 9.84 Å². The van der Waals surface area contributed by atoms with Crippen LogP contribution < -0.4 is 4.74 Å². The van der Waals surface area contributed by atoms with Crippen LogP contribution in [0.1, 0.15) is 31.9 Å². The third-order valence-corrected chi connectivity index (χ3v) is 3.88. The summed E-state index contributed by atoms with van der Waals surface area (Å²) in [6, 6.07) is 7.81. The van der Waals surface area contributed by atoms with Gasteiger partial charge in [-0.1, -0.05) is 12.1 Å². The Labute approximate surface area is 128 Å². The Kier molecular flexibility index (Phi) is 6.03. The molecule has 0 aliphatic carbocycles. The van der Waals surface area contributed by atoms with Gasteiger partial charge >= 0.3 is 0 Å². The van der Waals surface area contributed by atoms with E-state index in [-0.39, 0.29) is 6.10 Å². The third kappa shape index (κ3) is 5.30. The number of ether oxygens (including phenoxy) is 1. The fourth-order valence-corrected chi connectivity index (χ4v) is 2.67. The molecule has 0 spiro atoms. The summed E-state index contributed by atoms with van der Waals surface area (Å²) in [5, 5.41) is 10.4. The number of hydrogen-bond donors (Lipinski definition) is 1. The molecule has 2 rings (SSSR count). The largest absolute Gasteiger partial charge is 0.491 e. The van der Waals surface area contributed by atoms with E-state index < -0.39 is 6.10 Å². The van der Waals surface area contributed by atoms with E-state index in [4.69, 9.17) is 4.74 Å². The zero-order valence-electron chi connectivity index (χ0n) is 13.5. The van der Waals surface area contributed by atoms with Gasteiger partial charge in [0.05, 0.1) is 12.2 Å². The first-order valence-electron chi connectivity index (χ1n) is 7.90. The van der Waals surface area contributed by atoms with Gasteiger partial charge in [-0.05, 0) is 58.1 Å². The highest BCUT2D eigenvalue weighted by atomic mass is 16.5. The second-order valence-corrected chi connectivity index (χ2v) is 6.21. The van der Waals surface area contributed by atoms with Crippen molar-refractivity contribution in [2.45, 2.75) is 32.5 Å². The number of rotatable bonds is 5. The molecule has 0 saturated carbocycles. The van der Waals surface area contributed by atoms with Gasteiger partial charge in [-0.2, -0.15) is 0 Å². The summed E-state index contributed by atoms with van der Waals surface area (Å²) in [6.45, 7) is 9.05. The lowest BCUT2D eigenvalue weighted by molar-refractivity contribution is 0.115. The summed E-state index contributed by atoms with van der Waals surface area (Å²) < 4.78 is 5.63. The predicted octanol–water partition coefficient (Wildman–Crippen LogP) is 2.14. The van der Waals surface area contributed by atoms with Gasteiger partial charge in [0.2, 0.25) is 0 Å². The molecule has 0 amide bonds. The van der Waals surface area contributed by atoms with Crippen molar-refractivity contribution >= 4 is 0 Å². The van der Waals surface area contributed by atoms with Gasteiger partial charge in [0.1, 0.15) is 5.75 Å². The average molecular weight is 292 g/mol. The number of aliphatic hydroxyl groups is 1. The van der Waals surface area contributed by atoms with E-state index in [1.807, 2.05) is 38.1 Å². The molecule has 1 aliphatic rings. The maximum absolute atomic E-state index is 10.4. The number of aliphatic hydroxyl groups excluding tert-OH is 1. The Hall–Kier alpha value is -1.10. The smallest absolute Gasteiger partial charge is 0.119 e. The number of hydrogen-bond acceptors (Lipinski definition) is 4. The van der Waals surface area contributed by atoms with Crippen LogP contribution in [-0.4, -0.2) is 60.8 Å². The van der Waals surface area contributed by atoms with Crippen LogP contribution in [0.25, 0.3) is 0 Å². The fraction of sp³-hybridized carbons (Fsp3) is 0.647. The molecular formula is C17H28N2O2. The summed E-state index contributed by atoms with van der Waals surface area (Å²) in [6.07, 6.45) is 0.918. The molecule has 1 atom stereocenters. The summed E-state index contributed by atoms with van der Waals surface area (Å²) in [5.41, 5.74) is 0.962. The minimum Gasteiger partial charge on any atom is -0.491 e. The molecule has 1 aromatic rings. The minimum absolute atomic E-state index is 0.176. The highest BCUT2D eigenvalue weighted by Crippen LogP contribution is 2.20. The van der Waals surface area contributed by atoms with E-state index in [0.29, 0.717) is 6.54 Å². The summed E-state index contributed by atoms with van der Waals surface area (Å²) in [4.78, 5) is 4.71. The van der Waals surface area contributed by atoms with Crippen molar-refractivity contribution in [2.24, 2.45) is 0 Å². The van der Waals surface area contributed by atoms with Gasteiger partial charge in [0, 0.05) is 19.6 Å². The molecule has 4 nitrogen and oxygen atoms in total. The first-order chi connectivity index (χ1) is 10.0. The van der Waals surface area contributed by atoms with E-state index in [1.54, 1.807) is 0 Å². The van der Waals surface area contributed by atoms with Crippen molar-refractivity contribution in [2.75, 3.05) is 39.8 Å². The summed E-state index contributed by atoms with van der Waals surface area (Å²) in [5.74, 6) is 0.859. The number of likely N-dealkylation sites (N-methyl/N-ethyl adjacent to an activating group) is 1. The molecule has 1 saturated heterocycles. The zero-order chi connectivity index (χ0) is 15.2. The maximum atomic E-state index is 10.4. The molecule has 0 bridgehead atoms. The second kappa shape index (κ2) is 7.78. The topological polar surface area (TPSA) is 35.9 Å². The molecule has 1 aliphatic heterocycles. The number of benzene rings is 1. The molecule has 1 fully saturated rings. The lowest BCUT2D eigenvalue weighted by Gasteiger charge is -2.23. The molecule has 1 N–H and O–H groups in total. The highest BCUT2D eigenvalue weighted by Gasteiger charge is 2.16. The molecular weight excluding hydrogens is 264 g/mol. The number of nitrogens with zero attached hydrogens (tertiary/aromatic N) is 2. The molecule has 1 heterocycles. The van der Waals surface area contributed by atoms with Crippen LogP contribution in [0, 0.1) is 0 Å². The quantitative estimate of drug-likeness (QED) is 0.902. The molecule has 118 valence electrons. The Morgan fingerprint density at radius 3 is 2.48 bits per heavy atom. The minimum atomic E-state index is -0.429. The van der Waals surface area contributed by atoms with Crippen LogP contribution in [-0.2, 0) is 0 Å². The normalized spacial score (nSPS) is 19.5. The van der Waals surface area contributed by atoms with E-state index in [1.165, 1.54) is 6.42 Å². The van der Waals surface area contributed by atoms with E-state index in [2.05, 4.69) is 16.8 Å². The lowest BCUT2D eigenvalue weighted by Crippen LogP contribution is -2.32. The highest BCUT2D eigenvalue weighted by molar-refractivity contribution is 5.28. The monoisotopic (exact) mass is 292 g/mol. The van der Waals surface area contributed by atoms with Crippen molar-refractivity contribution in [3.05, 3.63) is 29.8 Å². The van der Waals surface area contributed by atoms with Crippen LogP contribution in [0.15, 0.2) is 24.3 Å². The molecule has 4 heteroatoms. The van der Waals surface area contributed by atoms with Crippen LogP contribution in [0.5, 0.6) is 5.75 Å². The van der Waals surface area contributed by atoms with E-state index in [9.17, 15) is 5.11 Å². The lowest BCUT2D eigenvalue weighted by atomic mass is 10.1. The van der Waals surface area contributed by atoms with Crippen molar-refractivity contribution in [1.29, 1.82) is 0 Å². The SMILES string of the molecule is CC(C)Oc1ccc(C(O)CN2CCCN(C)CC2)cc1. The Bertz CT molecular complexity index is 419. The fourth-order valence-electron chi connectivity index (χ4n) is 2.67. The third-order valence-electron chi connectivity index (χ3n) is 3.88. The van der Waals surface area contributed by atoms with Gasteiger partial charge in [-0.15, -0.1) is 0 Å². The van der Waals surface area contributed by atoms with Crippen molar-refractivity contribution in [1.82, 2.24) is 9.80 Å². The van der Waals surface area contributed by atoms with Gasteiger partial charge in [-0.25, -0.2) is 0 Å².